The lowest BCUT2D eigenvalue weighted by atomic mass is 9.96. The number of halogens is 2. The second-order valence-corrected chi connectivity index (χ2v) is 5.08. The van der Waals surface area contributed by atoms with Gasteiger partial charge in [0.05, 0.1) is 5.88 Å². The van der Waals surface area contributed by atoms with Gasteiger partial charge in [0.2, 0.25) is 0 Å². The van der Waals surface area contributed by atoms with Gasteiger partial charge in [0.1, 0.15) is 11.9 Å². The van der Waals surface area contributed by atoms with Crippen LogP contribution in [0.15, 0.2) is 53.5 Å². The third kappa shape index (κ3) is 2.46. The van der Waals surface area contributed by atoms with Gasteiger partial charge in [0, 0.05) is 16.3 Å². The number of anilines is 1. The van der Waals surface area contributed by atoms with E-state index in [0.29, 0.717) is 10.9 Å². The number of amidine groups is 1. The van der Waals surface area contributed by atoms with Crippen molar-refractivity contribution in [2.75, 3.05) is 11.2 Å². The van der Waals surface area contributed by atoms with Gasteiger partial charge in [-0.2, -0.15) is 0 Å². The van der Waals surface area contributed by atoms with Crippen LogP contribution >= 0.6 is 23.2 Å². The fraction of sp³-hybridized carbons (Fsp3) is 0.133. The summed E-state index contributed by atoms with van der Waals surface area (Å²) in [5.41, 5.74) is 3.23. The number of rotatable bonds is 2. The van der Waals surface area contributed by atoms with Crippen molar-refractivity contribution < 1.29 is 0 Å². The summed E-state index contributed by atoms with van der Waals surface area (Å²) in [6, 6.07) is 15.9. The van der Waals surface area contributed by atoms with E-state index >= 15 is 0 Å². The Kier molecular flexibility index (Phi) is 3.45. The minimum Gasteiger partial charge on any atom is -0.343 e. The van der Waals surface area contributed by atoms with E-state index in [2.05, 4.69) is 22.4 Å². The van der Waals surface area contributed by atoms with Gasteiger partial charge >= 0.3 is 0 Å². The Bertz CT molecular complexity index is 623. The lowest BCUT2D eigenvalue weighted by Gasteiger charge is -2.25. The third-order valence-corrected chi connectivity index (χ3v) is 3.60. The van der Waals surface area contributed by atoms with Gasteiger partial charge < -0.3 is 5.32 Å². The summed E-state index contributed by atoms with van der Waals surface area (Å²) in [6.07, 6.45) is 0. The van der Waals surface area contributed by atoms with E-state index in [-0.39, 0.29) is 6.04 Å². The summed E-state index contributed by atoms with van der Waals surface area (Å²) in [4.78, 5) is 4.67. The van der Waals surface area contributed by atoms with E-state index in [1.807, 2.05) is 36.4 Å². The molecule has 2 nitrogen and oxygen atoms in total. The van der Waals surface area contributed by atoms with Crippen LogP contribution in [0.3, 0.4) is 0 Å². The first-order valence-corrected chi connectivity index (χ1v) is 6.93. The van der Waals surface area contributed by atoms with E-state index in [0.717, 1.165) is 22.6 Å². The molecule has 0 spiro atoms. The number of nitrogens with zero attached hydrogens (tertiary/aromatic N) is 1. The molecule has 19 heavy (non-hydrogen) atoms. The number of fused-ring (bicyclic) bond motifs is 1. The van der Waals surface area contributed by atoms with E-state index in [9.17, 15) is 0 Å². The predicted octanol–water partition coefficient (Wildman–Crippen LogP) is 4.49. The van der Waals surface area contributed by atoms with Crippen molar-refractivity contribution in [1.82, 2.24) is 0 Å². The van der Waals surface area contributed by atoms with Crippen molar-refractivity contribution >= 4 is 34.7 Å². The van der Waals surface area contributed by atoms with Crippen molar-refractivity contribution in [2.24, 2.45) is 4.99 Å². The van der Waals surface area contributed by atoms with Gasteiger partial charge in [0.25, 0.3) is 0 Å². The molecule has 0 aromatic heterocycles. The number of aliphatic imine (C=N–C) groups is 1. The third-order valence-electron chi connectivity index (χ3n) is 3.11. The highest BCUT2D eigenvalue weighted by atomic mass is 35.5. The fourth-order valence-electron chi connectivity index (χ4n) is 2.24. The molecule has 0 radical (unpaired) electrons. The molecular formula is C15H12Cl2N2. The lowest BCUT2D eigenvalue weighted by Crippen LogP contribution is -2.22. The van der Waals surface area contributed by atoms with Crippen LogP contribution in [-0.2, 0) is 0 Å². The van der Waals surface area contributed by atoms with Gasteiger partial charge in [-0.3, -0.25) is 4.99 Å². The van der Waals surface area contributed by atoms with Gasteiger partial charge in [0.15, 0.2) is 0 Å². The molecule has 0 bridgehead atoms. The molecule has 0 saturated heterocycles. The standard InChI is InChI=1S/C15H12Cl2N2/c16-9-14-18-13-7-6-11(17)8-12(13)15(19-14)10-4-2-1-3-5-10/h1-8,15H,9H2,(H,18,19). The molecule has 0 aliphatic carbocycles. The summed E-state index contributed by atoms with van der Waals surface area (Å²) in [5.74, 6) is 1.15. The van der Waals surface area contributed by atoms with Crippen molar-refractivity contribution in [3.05, 3.63) is 64.7 Å². The van der Waals surface area contributed by atoms with Crippen molar-refractivity contribution in [3.63, 3.8) is 0 Å². The van der Waals surface area contributed by atoms with Gasteiger partial charge in [-0.1, -0.05) is 41.9 Å². The molecule has 0 fully saturated rings. The zero-order valence-electron chi connectivity index (χ0n) is 10.1. The average molecular weight is 291 g/mol. The first-order chi connectivity index (χ1) is 9.28. The Morgan fingerprint density at radius 1 is 1.11 bits per heavy atom. The van der Waals surface area contributed by atoms with Gasteiger partial charge in [-0.05, 0) is 23.8 Å². The SMILES string of the molecule is ClCC1=NC(c2ccccc2)c2cc(Cl)ccc2N1. The van der Waals surface area contributed by atoms with E-state index in [1.54, 1.807) is 0 Å². The second-order valence-electron chi connectivity index (χ2n) is 4.38. The van der Waals surface area contributed by atoms with Crippen LogP contribution < -0.4 is 5.32 Å². The molecule has 96 valence electrons. The quantitative estimate of drug-likeness (QED) is 0.810. The normalized spacial score (nSPS) is 17.4. The maximum absolute atomic E-state index is 6.10. The maximum Gasteiger partial charge on any atom is 0.117 e. The molecule has 3 rings (SSSR count). The Balaban J connectivity index is 2.13. The van der Waals surface area contributed by atoms with E-state index < -0.39 is 0 Å². The van der Waals surface area contributed by atoms with Crippen LogP contribution in [-0.4, -0.2) is 11.7 Å². The van der Waals surface area contributed by atoms with Crippen LogP contribution in [0.5, 0.6) is 0 Å². The summed E-state index contributed by atoms with van der Waals surface area (Å²) in [5, 5.41) is 3.95. The van der Waals surface area contributed by atoms with Gasteiger partial charge in [-0.25, -0.2) is 0 Å². The smallest absolute Gasteiger partial charge is 0.117 e. The maximum atomic E-state index is 6.10. The highest BCUT2D eigenvalue weighted by Gasteiger charge is 2.22. The molecule has 1 heterocycles. The van der Waals surface area contributed by atoms with Crippen LogP contribution in [0.4, 0.5) is 5.69 Å². The Morgan fingerprint density at radius 2 is 1.89 bits per heavy atom. The number of hydrogen-bond donors (Lipinski definition) is 1. The molecule has 0 amide bonds. The Hall–Kier alpha value is -1.51. The van der Waals surface area contributed by atoms with Crippen LogP contribution in [0.1, 0.15) is 17.2 Å². The molecule has 2 aromatic carbocycles. The highest BCUT2D eigenvalue weighted by Crippen LogP contribution is 2.36. The Labute approximate surface area is 122 Å². The molecule has 4 heteroatoms. The Morgan fingerprint density at radius 3 is 2.63 bits per heavy atom. The zero-order chi connectivity index (χ0) is 13.2. The second kappa shape index (κ2) is 5.24. The first-order valence-electron chi connectivity index (χ1n) is 6.02. The molecule has 0 saturated carbocycles. The van der Waals surface area contributed by atoms with E-state index in [1.165, 1.54) is 0 Å². The lowest BCUT2D eigenvalue weighted by molar-refractivity contribution is 0.862. The number of nitrogens with one attached hydrogen (secondary N) is 1. The highest BCUT2D eigenvalue weighted by molar-refractivity contribution is 6.31. The summed E-state index contributed by atoms with van der Waals surface area (Å²) >= 11 is 12.0. The topological polar surface area (TPSA) is 24.4 Å². The van der Waals surface area contributed by atoms with E-state index in [4.69, 9.17) is 23.2 Å². The number of benzene rings is 2. The minimum atomic E-state index is -0.0510. The molecule has 1 unspecified atom stereocenters. The number of hydrogen-bond acceptors (Lipinski definition) is 2. The molecular weight excluding hydrogens is 279 g/mol. The first kappa shape index (κ1) is 12.5. The van der Waals surface area contributed by atoms with Crippen LogP contribution in [0.2, 0.25) is 5.02 Å². The molecule has 1 N–H and O–H groups in total. The summed E-state index contributed by atoms with van der Waals surface area (Å²) in [6.45, 7) is 0. The minimum absolute atomic E-state index is 0.0510. The summed E-state index contributed by atoms with van der Waals surface area (Å²) in [7, 11) is 0. The summed E-state index contributed by atoms with van der Waals surface area (Å²) < 4.78 is 0. The fourth-order valence-corrected chi connectivity index (χ4v) is 2.56. The molecule has 1 aliphatic rings. The molecule has 1 atom stereocenters. The zero-order valence-corrected chi connectivity index (χ0v) is 11.6. The van der Waals surface area contributed by atoms with Crippen LogP contribution in [0, 0.1) is 0 Å². The van der Waals surface area contributed by atoms with Crippen LogP contribution in [0.25, 0.3) is 0 Å². The monoisotopic (exact) mass is 290 g/mol. The predicted molar refractivity (Wildman–Crippen MR) is 81.5 cm³/mol. The van der Waals surface area contributed by atoms with Crippen molar-refractivity contribution in [1.29, 1.82) is 0 Å². The van der Waals surface area contributed by atoms with Gasteiger partial charge in [-0.15, -0.1) is 11.6 Å². The molecule has 2 aromatic rings. The number of alkyl halides is 1. The van der Waals surface area contributed by atoms with Crippen molar-refractivity contribution in [3.8, 4) is 0 Å². The largest absolute Gasteiger partial charge is 0.343 e. The van der Waals surface area contributed by atoms with Crippen molar-refractivity contribution in [2.45, 2.75) is 6.04 Å². The average Bonchev–Trinajstić information content (AvgIpc) is 2.47. The molecule has 1 aliphatic heterocycles.